The van der Waals surface area contributed by atoms with E-state index in [1.165, 1.54) is 25.0 Å². The Morgan fingerprint density at radius 1 is 1.29 bits per heavy atom. The van der Waals surface area contributed by atoms with Crippen LogP contribution in [0.4, 0.5) is 0 Å². The van der Waals surface area contributed by atoms with E-state index < -0.39 is 0 Å². The average molecular weight is 233 g/mol. The van der Waals surface area contributed by atoms with Gasteiger partial charge in [-0.15, -0.1) is 0 Å². The van der Waals surface area contributed by atoms with Crippen molar-refractivity contribution in [3.05, 3.63) is 23.8 Å². The predicted octanol–water partition coefficient (Wildman–Crippen LogP) is 2.67. The van der Waals surface area contributed by atoms with Gasteiger partial charge in [0.25, 0.3) is 0 Å². The molecule has 0 amide bonds. The van der Waals surface area contributed by atoms with Crippen LogP contribution in [0.25, 0.3) is 0 Å². The number of nitrogens with zero attached hydrogens (tertiary/aromatic N) is 2. The second-order valence-corrected chi connectivity index (χ2v) is 5.10. The molecule has 1 aliphatic carbocycles. The van der Waals surface area contributed by atoms with Crippen LogP contribution in [-0.2, 0) is 0 Å². The summed E-state index contributed by atoms with van der Waals surface area (Å²) >= 11 is 0. The first-order valence-electron chi connectivity index (χ1n) is 6.64. The number of aryl methyl sites for hydroxylation is 1. The fourth-order valence-electron chi connectivity index (χ4n) is 3.57. The van der Waals surface area contributed by atoms with E-state index in [4.69, 9.17) is 0 Å². The first-order chi connectivity index (χ1) is 8.19. The molecule has 1 aromatic heterocycles. The van der Waals surface area contributed by atoms with Crippen molar-refractivity contribution < 1.29 is 0 Å². The summed E-state index contributed by atoms with van der Waals surface area (Å²) in [6.45, 7) is 6.67. The first-order valence-corrected chi connectivity index (χ1v) is 6.64. The lowest BCUT2D eigenvalue weighted by Crippen LogP contribution is -2.57. The first kappa shape index (κ1) is 12.5. The monoisotopic (exact) mass is 233 g/mol. The molecule has 0 radical (unpaired) electrons. The highest BCUT2D eigenvalue weighted by atomic mass is 15.0. The molecule has 17 heavy (non-hydrogen) atoms. The van der Waals surface area contributed by atoms with Crippen molar-refractivity contribution >= 4 is 0 Å². The van der Waals surface area contributed by atoms with Gasteiger partial charge in [-0.3, -0.25) is 9.97 Å². The van der Waals surface area contributed by atoms with Gasteiger partial charge < -0.3 is 5.32 Å². The minimum Gasteiger partial charge on any atom is -0.316 e. The lowest BCUT2D eigenvalue weighted by molar-refractivity contribution is 0.0217. The summed E-state index contributed by atoms with van der Waals surface area (Å²) in [7, 11) is 2.07. The molecule has 3 nitrogen and oxygen atoms in total. The third kappa shape index (κ3) is 1.77. The molecule has 2 unspecified atom stereocenters. The number of hydrogen-bond donors (Lipinski definition) is 1. The SMILES string of the molecule is CCC1(CC)C(NC)CC1c1nccnc1C. The van der Waals surface area contributed by atoms with Crippen molar-refractivity contribution in [2.75, 3.05) is 7.05 Å². The molecule has 1 aliphatic rings. The molecular weight excluding hydrogens is 210 g/mol. The zero-order chi connectivity index (χ0) is 12.5. The fraction of sp³-hybridized carbons (Fsp3) is 0.714. The van der Waals surface area contributed by atoms with E-state index >= 15 is 0 Å². The molecule has 1 aromatic rings. The van der Waals surface area contributed by atoms with Gasteiger partial charge in [-0.25, -0.2) is 0 Å². The zero-order valence-corrected chi connectivity index (χ0v) is 11.3. The van der Waals surface area contributed by atoms with Gasteiger partial charge in [-0.05, 0) is 38.6 Å². The van der Waals surface area contributed by atoms with Crippen molar-refractivity contribution in [1.29, 1.82) is 0 Å². The fourth-order valence-corrected chi connectivity index (χ4v) is 3.57. The second kappa shape index (κ2) is 4.73. The summed E-state index contributed by atoms with van der Waals surface area (Å²) in [6.07, 6.45) is 7.21. The normalized spacial score (nSPS) is 26.6. The van der Waals surface area contributed by atoms with Crippen LogP contribution in [0, 0.1) is 12.3 Å². The highest BCUT2D eigenvalue weighted by molar-refractivity contribution is 5.25. The Morgan fingerprint density at radius 2 is 1.94 bits per heavy atom. The highest BCUT2D eigenvalue weighted by Gasteiger charge is 2.53. The van der Waals surface area contributed by atoms with E-state index in [-0.39, 0.29) is 0 Å². The lowest BCUT2D eigenvalue weighted by Gasteiger charge is -2.56. The topological polar surface area (TPSA) is 37.8 Å². The molecular formula is C14H23N3. The van der Waals surface area contributed by atoms with E-state index in [1.54, 1.807) is 6.20 Å². The molecule has 94 valence electrons. The smallest absolute Gasteiger partial charge is 0.0653 e. The van der Waals surface area contributed by atoms with Crippen LogP contribution >= 0.6 is 0 Å². The quantitative estimate of drug-likeness (QED) is 0.869. The van der Waals surface area contributed by atoms with Crippen LogP contribution in [-0.4, -0.2) is 23.1 Å². The summed E-state index contributed by atoms with van der Waals surface area (Å²) < 4.78 is 0. The predicted molar refractivity (Wildman–Crippen MR) is 70.0 cm³/mol. The van der Waals surface area contributed by atoms with Crippen LogP contribution < -0.4 is 5.32 Å². The van der Waals surface area contributed by atoms with Gasteiger partial charge in [0, 0.05) is 24.4 Å². The van der Waals surface area contributed by atoms with Gasteiger partial charge in [0.1, 0.15) is 0 Å². The Balaban J connectivity index is 2.32. The average Bonchev–Trinajstić information content (AvgIpc) is 2.33. The molecule has 1 heterocycles. The van der Waals surface area contributed by atoms with Gasteiger partial charge in [0.2, 0.25) is 0 Å². The molecule has 0 aliphatic heterocycles. The zero-order valence-electron chi connectivity index (χ0n) is 11.3. The third-order valence-corrected chi connectivity index (χ3v) is 4.77. The van der Waals surface area contributed by atoms with Crippen molar-refractivity contribution in [3.63, 3.8) is 0 Å². The van der Waals surface area contributed by atoms with Gasteiger partial charge >= 0.3 is 0 Å². The summed E-state index contributed by atoms with van der Waals surface area (Å²) in [5.74, 6) is 0.573. The van der Waals surface area contributed by atoms with Gasteiger partial charge in [-0.2, -0.15) is 0 Å². The Bertz CT molecular complexity index is 385. The third-order valence-electron chi connectivity index (χ3n) is 4.77. The molecule has 0 saturated heterocycles. The van der Waals surface area contributed by atoms with E-state index in [0.717, 1.165) is 5.69 Å². The molecule has 1 fully saturated rings. The Labute approximate surface area is 104 Å². The molecule has 0 aromatic carbocycles. The minimum absolute atomic E-state index is 0.371. The largest absolute Gasteiger partial charge is 0.316 e. The maximum absolute atomic E-state index is 4.57. The summed E-state index contributed by atoms with van der Waals surface area (Å²) in [6, 6.07) is 0.629. The summed E-state index contributed by atoms with van der Waals surface area (Å²) in [5.41, 5.74) is 2.68. The molecule has 0 bridgehead atoms. The highest BCUT2D eigenvalue weighted by Crippen LogP contribution is 2.56. The van der Waals surface area contributed by atoms with Crippen molar-refractivity contribution in [2.45, 2.75) is 52.0 Å². The Kier molecular flexibility index (Phi) is 3.48. The van der Waals surface area contributed by atoms with Gasteiger partial charge in [0.15, 0.2) is 0 Å². The molecule has 1 N–H and O–H groups in total. The maximum Gasteiger partial charge on any atom is 0.0653 e. The van der Waals surface area contributed by atoms with E-state index in [9.17, 15) is 0 Å². The summed E-state index contributed by atoms with van der Waals surface area (Å²) in [5, 5.41) is 3.47. The number of hydrogen-bond acceptors (Lipinski definition) is 3. The van der Waals surface area contributed by atoms with E-state index in [2.05, 4.69) is 43.1 Å². The standard InChI is InChI=1S/C14H23N3/c1-5-14(6-2)11(9-12(14)15-4)13-10(3)16-7-8-17-13/h7-8,11-12,15H,5-6,9H2,1-4H3. The van der Waals surface area contributed by atoms with Crippen LogP contribution in [0.1, 0.15) is 50.4 Å². The second-order valence-electron chi connectivity index (χ2n) is 5.10. The number of nitrogens with one attached hydrogen (secondary N) is 1. The Hall–Kier alpha value is -0.960. The maximum atomic E-state index is 4.57. The van der Waals surface area contributed by atoms with Crippen LogP contribution in [0.2, 0.25) is 0 Å². The van der Waals surface area contributed by atoms with Crippen LogP contribution in [0.15, 0.2) is 12.4 Å². The van der Waals surface area contributed by atoms with Crippen LogP contribution in [0.5, 0.6) is 0 Å². The molecule has 1 saturated carbocycles. The number of aromatic nitrogens is 2. The molecule has 3 heteroatoms. The summed E-state index contributed by atoms with van der Waals surface area (Å²) in [4.78, 5) is 8.95. The Morgan fingerprint density at radius 3 is 2.47 bits per heavy atom. The molecule has 2 atom stereocenters. The molecule has 0 spiro atoms. The van der Waals surface area contributed by atoms with Crippen molar-refractivity contribution in [2.24, 2.45) is 5.41 Å². The van der Waals surface area contributed by atoms with Crippen LogP contribution in [0.3, 0.4) is 0 Å². The van der Waals surface area contributed by atoms with E-state index in [0.29, 0.717) is 17.4 Å². The van der Waals surface area contributed by atoms with E-state index in [1.807, 2.05) is 6.20 Å². The minimum atomic E-state index is 0.371. The van der Waals surface area contributed by atoms with Gasteiger partial charge in [0.05, 0.1) is 11.4 Å². The van der Waals surface area contributed by atoms with Crippen molar-refractivity contribution in [3.8, 4) is 0 Å². The van der Waals surface area contributed by atoms with Crippen molar-refractivity contribution in [1.82, 2.24) is 15.3 Å². The lowest BCUT2D eigenvalue weighted by atomic mass is 9.52. The number of rotatable bonds is 4. The van der Waals surface area contributed by atoms with Gasteiger partial charge in [-0.1, -0.05) is 13.8 Å². The molecule has 2 rings (SSSR count).